The average Bonchev–Trinajstić information content (AvgIpc) is 3.21. The van der Waals surface area contributed by atoms with E-state index >= 15 is 0 Å². The van der Waals surface area contributed by atoms with E-state index in [0.29, 0.717) is 21.7 Å². The fourth-order valence-corrected chi connectivity index (χ4v) is 4.35. The number of hydrogen-bond acceptors (Lipinski definition) is 4. The predicted octanol–water partition coefficient (Wildman–Crippen LogP) is 4.90. The van der Waals surface area contributed by atoms with Gasteiger partial charge in [-0.25, -0.2) is 8.42 Å². The van der Waals surface area contributed by atoms with E-state index in [-0.39, 0.29) is 10.8 Å². The summed E-state index contributed by atoms with van der Waals surface area (Å²) in [5.74, 6) is -0.276. The summed E-state index contributed by atoms with van der Waals surface area (Å²) in [5.41, 5.74) is 3.26. The van der Waals surface area contributed by atoms with E-state index in [4.69, 9.17) is 12.2 Å². The summed E-state index contributed by atoms with van der Waals surface area (Å²) in [6.45, 7) is 1.89. The van der Waals surface area contributed by atoms with E-state index in [1.165, 1.54) is 0 Å². The van der Waals surface area contributed by atoms with Gasteiger partial charge < -0.3 is 10.3 Å². The number of rotatable bonds is 6. The second-order valence-electron chi connectivity index (χ2n) is 7.13. The summed E-state index contributed by atoms with van der Waals surface area (Å²) in [6, 6.07) is 20.1. The molecule has 1 amide bonds. The van der Waals surface area contributed by atoms with Gasteiger partial charge in [0.15, 0.2) is 4.77 Å². The number of aromatic nitrogens is 2. The Hall–Kier alpha value is -3.69. The third-order valence-electron chi connectivity index (χ3n) is 4.78. The molecule has 1 heterocycles. The smallest absolute Gasteiger partial charge is 0.261 e. The van der Waals surface area contributed by atoms with Crippen molar-refractivity contribution in [2.75, 3.05) is 10.0 Å². The molecule has 0 aliphatic heterocycles. The number of nitrogens with one attached hydrogen (secondary N) is 3. The van der Waals surface area contributed by atoms with Crippen LogP contribution in [0.1, 0.15) is 15.9 Å². The number of H-pyrrole nitrogens is 1. The third-order valence-corrected chi connectivity index (χ3v) is 6.49. The maximum absolute atomic E-state index is 12.5. The first-order valence-electron chi connectivity index (χ1n) is 9.69. The molecule has 0 saturated carbocycles. The highest BCUT2D eigenvalue weighted by atomic mass is 32.2. The van der Waals surface area contributed by atoms with Crippen LogP contribution in [-0.2, 0) is 10.0 Å². The number of anilines is 2. The Bertz CT molecular complexity index is 1400. The van der Waals surface area contributed by atoms with Gasteiger partial charge in [-0.2, -0.15) is 0 Å². The normalized spacial score (nSPS) is 11.2. The van der Waals surface area contributed by atoms with Crippen LogP contribution in [0.2, 0.25) is 0 Å². The lowest BCUT2D eigenvalue weighted by atomic mass is 10.2. The van der Waals surface area contributed by atoms with Gasteiger partial charge >= 0.3 is 0 Å². The summed E-state index contributed by atoms with van der Waals surface area (Å²) >= 11 is 5.20. The molecule has 7 nitrogen and oxygen atoms in total. The lowest BCUT2D eigenvalue weighted by Gasteiger charge is -2.10. The van der Waals surface area contributed by atoms with Crippen LogP contribution in [0.3, 0.4) is 0 Å². The van der Waals surface area contributed by atoms with Crippen molar-refractivity contribution in [2.24, 2.45) is 0 Å². The molecule has 0 fully saturated rings. The Morgan fingerprint density at radius 1 is 0.906 bits per heavy atom. The molecule has 3 aromatic carbocycles. The first-order valence-corrected chi connectivity index (χ1v) is 11.6. The molecule has 0 aliphatic carbocycles. The van der Waals surface area contributed by atoms with Crippen LogP contribution in [0, 0.1) is 11.7 Å². The van der Waals surface area contributed by atoms with Gasteiger partial charge in [-0.15, -0.1) is 0 Å². The van der Waals surface area contributed by atoms with Gasteiger partial charge in [0.05, 0.1) is 4.90 Å². The molecule has 0 radical (unpaired) electrons. The molecule has 1 aromatic heterocycles. The zero-order chi connectivity index (χ0) is 22.7. The minimum absolute atomic E-state index is 0.185. The Morgan fingerprint density at radius 2 is 1.53 bits per heavy atom. The summed E-state index contributed by atoms with van der Waals surface area (Å²) in [4.78, 5) is 15.7. The molecule has 0 aliphatic rings. The van der Waals surface area contributed by atoms with Crippen LogP contribution in [0.4, 0.5) is 11.4 Å². The number of nitrogens with zero attached hydrogens (tertiary/aromatic N) is 1. The zero-order valence-electron chi connectivity index (χ0n) is 17.1. The number of imidazole rings is 1. The van der Waals surface area contributed by atoms with Crippen LogP contribution in [0.5, 0.6) is 0 Å². The molecule has 0 atom stereocenters. The lowest BCUT2D eigenvalue weighted by molar-refractivity contribution is 0.102. The predicted molar refractivity (Wildman–Crippen MR) is 127 cm³/mol. The quantitative estimate of drug-likeness (QED) is 0.354. The van der Waals surface area contributed by atoms with Gasteiger partial charge in [0, 0.05) is 35.0 Å². The molecule has 0 saturated heterocycles. The third kappa shape index (κ3) is 4.79. The van der Waals surface area contributed by atoms with Gasteiger partial charge in [0.1, 0.15) is 0 Å². The Kier molecular flexibility index (Phi) is 5.93. The van der Waals surface area contributed by atoms with Gasteiger partial charge in [0.2, 0.25) is 0 Å². The summed E-state index contributed by atoms with van der Waals surface area (Å²) in [7, 11) is -3.68. The fourth-order valence-electron chi connectivity index (χ4n) is 3.05. The van der Waals surface area contributed by atoms with E-state index in [2.05, 4.69) is 15.0 Å². The minimum atomic E-state index is -3.68. The molecule has 4 aromatic rings. The Balaban J connectivity index is 1.42. The van der Waals surface area contributed by atoms with Crippen molar-refractivity contribution in [2.45, 2.75) is 11.8 Å². The molecule has 32 heavy (non-hydrogen) atoms. The molecule has 3 N–H and O–H groups in total. The zero-order valence-corrected chi connectivity index (χ0v) is 18.7. The highest BCUT2D eigenvalue weighted by Crippen LogP contribution is 2.19. The van der Waals surface area contributed by atoms with Crippen molar-refractivity contribution >= 4 is 39.5 Å². The number of sulfonamides is 1. The van der Waals surface area contributed by atoms with Crippen LogP contribution < -0.4 is 10.0 Å². The van der Waals surface area contributed by atoms with Crippen LogP contribution >= 0.6 is 12.2 Å². The average molecular weight is 465 g/mol. The van der Waals surface area contributed by atoms with Crippen molar-refractivity contribution in [1.29, 1.82) is 0 Å². The number of aromatic amines is 1. The maximum atomic E-state index is 12.5. The van der Waals surface area contributed by atoms with Crippen LogP contribution in [0.25, 0.3) is 5.69 Å². The first-order chi connectivity index (χ1) is 15.3. The van der Waals surface area contributed by atoms with Gasteiger partial charge in [-0.3, -0.25) is 14.1 Å². The number of benzene rings is 3. The van der Waals surface area contributed by atoms with E-state index < -0.39 is 10.0 Å². The number of carbonyl (C=O) groups excluding carboxylic acids is 1. The van der Waals surface area contributed by atoms with Gasteiger partial charge in [-0.05, 0) is 79.8 Å². The van der Waals surface area contributed by atoms with Crippen molar-refractivity contribution in [3.05, 3.63) is 101 Å². The number of aryl methyl sites for hydroxylation is 1. The largest absolute Gasteiger partial charge is 0.337 e. The van der Waals surface area contributed by atoms with Crippen molar-refractivity contribution in [3.63, 3.8) is 0 Å². The van der Waals surface area contributed by atoms with Crippen molar-refractivity contribution in [1.82, 2.24) is 9.55 Å². The lowest BCUT2D eigenvalue weighted by Crippen LogP contribution is -2.14. The van der Waals surface area contributed by atoms with E-state index in [9.17, 15) is 13.2 Å². The molecular formula is C23H20N4O3S2. The molecule has 0 unspecified atom stereocenters. The van der Waals surface area contributed by atoms with Crippen molar-refractivity contribution in [3.8, 4) is 5.69 Å². The molecule has 0 spiro atoms. The van der Waals surface area contributed by atoms with E-state index in [1.807, 2.05) is 25.3 Å². The second kappa shape index (κ2) is 8.81. The topological polar surface area (TPSA) is 96.0 Å². The minimum Gasteiger partial charge on any atom is -0.337 e. The SMILES string of the molecule is Cc1ccc(S(=O)(=O)Nc2ccc(NC(=O)c3ccc(-n4cc[nH]c4=S)cc3)cc2)cc1. The highest BCUT2D eigenvalue weighted by molar-refractivity contribution is 7.92. The highest BCUT2D eigenvalue weighted by Gasteiger charge is 2.14. The van der Waals surface area contributed by atoms with Crippen LogP contribution in [0.15, 0.2) is 90.1 Å². The Labute approximate surface area is 190 Å². The standard InChI is InChI=1S/C23H20N4O3S2/c1-16-2-12-21(13-3-16)32(29,30)26-19-8-6-18(7-9-19)25-22(28)17-4-10-20(11-5-17)27-15-14-24-23(27)31/h2-15,26H,1H3,(H,24,31)(H,25,28). The van der Waals surface area contributed by atoms with Crippen LogP contribution in [-0.4, -0.2) is 23.9 Å². The molecular weight excluding hydrogens is 444 g/mol. The number of amides is 1. The summed E-state index contributed by atoms with van der Waals surface area (Å²) < 4.78 is 29.9. The molecule has 0 bridgehead atoms. The van der Waals surface area contributed by atoms with Crippen molar-refractivity contribution < 1.29 is 13.2 Å². The van der Waals surface area contributed by atoms with E-state index in [1.54, 1.807) is 71.4 Å². The Morgan fingerprint density at radius 3 is 2.12 bits per heavy atom. The summed E-state index contributed by atoms with van der Waals surface area (Å²) in [6.07, 6.45) is 3.56. The molecule has 162 valence electrons. The van der Waals surface area contributed by atoms with Gasteiger partial charge in [0.25, 0.3) is 15.9 Å². The first kappa shape index (κ1) is 21.5. The van der Waals surface area contributed by atoms with Gasteiger partial charge in [-0.1, -0.05) is 17.7 Å². The fraction of sp³-hybridized carbons (Fsp3) is 0.0435. The molecule has 4 rings (SSSR count). The second-order valence-corrected chi connectivity index (χ2v) is 9.20. The maximum Gasteiger partial charge on any atom is 0.261 e. The number of carbonyl (C=O) groups is 1. The molecule has 9 heteroatoms. The number of hydrogen-bond donors (Lipinski definition) is 3. The van der Waals surface area contributed by atoms with E-state index in [0.717, 1.165) is 11.3 Å². The summed E-state index contributed by atoms with van der Waals surface area (Å²) in [5, 5.41) is 2.80. The monoisotopic (exact) mass is 464 g/mol.